The molecule has 0 aliphatic rings. The monoisotopic (exact) mass is 286 g/mol. The number of hydrogen-bond acceptors (Lipinski definition) is 5. The number of carbonyl (C=O) groups is 1. The van der Waals surface area contributed by atoms with E-state index in [4.69, 9.17) is 0 Å². The van der Waals surface area contributed by atoms with Crippen LogP contribution in [0.3, 0.4) is 0 Å². The number of nitro benzene ring substituents is 1. The Morgan fingerprint density at radius 1 is 1.29 bits per heavy atom. The van der Waals surface area contributed by atoms with E-state index in [1.165, 1.54) is 18.2 Å². The molecule has 0 fully saturated rings. The summed E-state index contributed by atoms with van der Waals surface area (Å²) in [5, 5.41) is 16.3. The normalized spacial score (nSPS) is 10.0. The number of benzene rings is 1. The minimum absolute atomic E-state index is 0.151. The lowest BCUT2D eigenvalue weighted by molar-refractivity contribution is -0.384. The largest absolute Gasteiger partial charge is 0.383 e. The summed E-state index contributed by atoms with van der Waals surface area (Å²) < 4.78 is 0. The molecular formula is C14H14N4O3. The molecule has 0 spiro atoms. The van der Waals surface area contributed by atoms with Gasteiger partial charge in [-0.3, -0.25) is 14.9 Å². The number of aromatic nitrogens is 1. The molecule has 1 aromatic carbocycles. The van der Waals surface area contributed by atoms with Crippen LogP contribution in [0.1, 0.15) is 15.9 Å². The van der Waals surface area contributed by atoms with Gasteiger partial charge in [0, 0.05) is 24.9 Å². The van der Waals surface area contributed by atoms with Gasteiger partial charge in [0.25, 0.3) is 11.6 Å². The first-order chi connectivity index (χ1) is 10.0. The van der Waals surface area contributed by atoms with Crippen molar-refractivity contribution in [3.05, 3.63) is 57.8 Å². The topological polar surface area (TPSA) is 97.2 Å². The average molecular weight is 286 g/mol. The predicted molar refractivity (Wildman–Crippen MR) is 79.6 cm³/mol. The maximum Gasteiger partial charge on any atom is 0.293 e. The van der Waals surface area contributed by atoms with Crippen LogP contribution in [-0.4, -0.2) is 22.9 Å². The second-order valence-corrected chi connectivity index (χ2v) is 4.41. The lowest BCUT2D eigenvalue weighted by Crippen LogP contribution is -2.13. The fourth-order valence-electron chi connectivity index (χ4n) is 1.83. The molecule has 0 atom stereocenters. The zero-order valence-corrected chi connectivity index (χ0v) is 11.6. The smallest absolute Gasteiger partial charge is 0.293 e. The van der Waals surface area contributed by atoms with Gasteiger partial charge >= 0.3 is 0 Å². The third-order valence-corrected chi connectivity index (χ3v) is 2.88. The van der Waals surface area contributed by atoms with Crippen molar-refractivity contribution < 1.29 is 9.72 Å². The van der Waals surface area contributed by atoms with Gasteiger partial charge in [0.15, 0.2) is 0 Å². The van der Waals surface area contributed by atoms with Crippen LogP contribution in [0.15, 0.2) is 36.5 Å². The third kappa shape index (κ3) is 3.33. The first kappa shape index (κ1) is 14.4. The van der Waals surface area contributed by atoms with Crippen molar-refractivity contribution in [3.8, 4) is 0 Å². The summed E-state index contributed by atoms with van der Waals surface area (Å²) in [4.78, 5) is 26.6. The summed E-state index contributed by atoms with van der Waals surface area (Å²) >= 11 is 0. The zero-order valence-electron chi connectivity index (χ0n) is 11.6. The Hall–Kier alpha value is -2.96. The summed E-state index contributed by atoms with van der Waals surface area (Å²) in [6, 6.07) is 7.77. The zero-order chi connectivity index (χ0) is 15.4. The molecule has 7 heteroatoms. The third-order valence-electron chi connectivity index (χ3n) is 2.88. The molecule has 0 aliphatic heterocycles. The summed E-state index contributed by atoms with van der Waals surface area (Å²) in [5.41, 5.74) is 1.35. The van der Waals surface area contributed by atoms with Crippen LogP contribution in [-0.2, 0) is 0 Å². The molecule has 0 unspecified atom stereocenters. The van der Waals surface area contributed by atoms with E-state index >= 15 is 0 Å². The minimum atomic E-state index is -0.534. The molecule has 2 N–H and O–H groups in total. The molecule has 108 valence electrons. The Bertz CT molecular complexity index is 700. The highest BCUT2D eigenvalue weighted by Gasteiger charge is 2.17. The van der Waals surface area contributed by atoms with Crippen molar-refractivity contribution in [3.63, 3.8) is 0 Å². The van der Waals surface area contributed by atoms with Gasteiger partial charge in [-0.05, 0) is 36.8 Å². The van der Waals surface area contributed by atoms with Crippen molar-refractivity contribution in [2.75, 3.05) is 17.7 Å². The second kappa shape index (κ2) is 6.00. The van der Waals surface area contributed by atoms with Crippen LogP contribution >= 0.6 is 0 Å². The highest BCUT2D eigenvalue weighted by Crippen LogP contribution is 2.25. The summed E-state index contributed by atoms with van der Waals surface area (Å²) in [6.07, 6.45) is 1.58. The van der Waals surface area contributed by atoms with Crippen LogP contribution < -0.4 is 10.6 Å². The SMILES string of the molecule is CNc1ccc(C(=O)Nc2cc(C)ccn2)cc1[N+](=O)[O-]. The summed E-state index contributed by atoms with van der Waals surface area (Å²) in [5.74, 6) is -0.0424. The number of nitrogens with one attached hydrogen (secondary N) is 2. The Morgan fingerprint density at radius 3 is 2.67 bits per heavy atom. The van der Waals surface area contributed by atoms with Crippen molar-refractivity contribution in [1.82, 2.24) is 4.98 Å². The molecule has 0 radical (unpaired) electrons. The van der Waals surface area contributed by atoms with E-state index in [2.05, 4.69) is 15.6 Å². The Morgan fingerprint density at radius 2 is 2.05 bits per heavy atom. The van der Waals surface area contributed by atoms with Gasteiger partial charge in [-0.2, -0.15) is 0 Å². The summed E-state index contributed by atoms with van der Waals surface area (Å²) in [7, 11) is 1.58. The number of nitrogens with zero attached hydrogens (tertiary/aromatic N) is 2. The lowest BCUT2D eigenvalue weighted by Gasteiger charge is -2.07. The summed E-state index contributed by atoms with van der Waals surface area (Å²) in [6.45, 7) is 1.88. The number of rotatable bonds is 4. The van der Waals surface area contributed by atoms with E-state index in [-0.39, 0.29) is 11.3 Å². The Kier molecular flexibility index (Phi) is 4.13. The molecule has 2 aromatic rings. The Balaban J connectivity index is 2.27. The van der Waals surface area contributed by atoms with Crippen LogP contribution in [0.25, 0.3) is 0 Å². The molecule has 1 heterocycles. The second-order valence-electron chi connectivity index (χ2n) is 4.41. The van der Waals surface area contributed by atoms with Gasteiger partial charge in [-0.25, -0.2) is 4.98 Å². The number of amides is 1. The molecule has 0 saturated heterocycles. The molecule has 2 rings (SSSR count). The quantitative estimate of drug-likeness (QED) is 0.665. The molecule has 1 amide bonds. The maximum atomic E-state index is 12.1. The maximum absolute atomic E-state index is 12.1. The first-order valence-corrected chi connectivity index (χ1v) is 6.21. The van der Waals surface area contributed by atoms with Gasteiger partial charge < -0.3 is 10.6 Å². The van der Waals surface area contributed by atoms with E-state index in [0.29, 0.717) is 11.5 Å². The van der Waals surface area contributed by atoms with Gasteiger partial charge in [0.1, 0.15) is 11.5 Å². The molecule has 1 aromatic heterocycles. The van der Waals surface area contributed by atoms with E-state index < -0.39 is 10.8 Å². The minimum Gasteiger partial charge on any atom is -0.383 e. The molecular weight excluding hydrogens is 272 g/mol. The van der Waals surface area contributed by atoms with Crippen molar-refractivity contribution in [2.24, 2.45) is 0 Å². The number of carbonyl (C=O) groups excluding carboxylic acids is 1. The van der Waals surface area contributed by atoms with Crippen molar-refractivity contribution in [1.29, 1.82) is 0 Å². The van der Waals surface area contributed by atoms with Crippen LogP contribution in [0.2, 0.25) is 0 Å². The van der Waals surface area contributed by atoms with Crippen LogP contribution in [0, 0.1) is 17.0 Å². The van der Waals surface area contributed by atoms with Gasteiger partial charge in [-0.1, -0.05) is 0 Å². The number of aryl methyl sites for hydroxylation is 1. The van der Waals surface area contributed by atoms with E-state index in [0.717, 1.165) is 5.56 Å². The standard InChI is InChI=1S/C14H14N4O3/c1-9-5-6-16-13(7-9)17-14(19)10-3-4-11(15-2)12(8-10)18(20)21/h3-8,15H,1-2H3,(H,16,17,19). The Labute approximate surface area is 121 Å². The van der Waals surface area contributed by atoms with Gasteiger partial charge in [0.05, 0.1) is 4.92 Å². The number of anilines is 2. The highest BCUT2D eigenvalue weighted by molar-refractivity contribution is 6.04. The van der Waals surface area contributed by atoms with Gasteiger partial charge in [0.2, 0.25) is 0 Å². The van der Waals surface area contributed by atoms with Gasteiger partial charge in [-0.15, -0.1) is 0 Å². The molecule has 0 bridgehead atoms. The number of nitro groups is 1. The fourth-order valence-corrected chi connectivity index (χ4v) is 1.83. The number of hydrogen-bond donors (Lipinski definition) is 2. The molecule has 0 aliphatic carbocycles. The predicted octanol–water partition coefficient (Wildman–Crippen LogP) is 2.59. The van der Waals surface area contributed by atoms with Crippen molar-refractivity contribution in [2.45, 2.75) is 6.92 Å². The first-order valence-electron chi connectivity index (χ1n) is 6.21. The highest BCUT2D eigenvalue weighted by atomic mass is 16.6. The van der Waals surface area contributed by atoms with Crippen molar-refractivity contribution >= 4 is 23.1 Å². The van der Waals surface area contributed by atoms with E-state index in [9.17, 15) is 14.9 Å². The molecule has 21 heavy (non-hydrogen) atoms. The van der Waals surface area contributed by atoms with E-state index in [1.54, 1.807) is 19.3 Å². The molecule has 7 nitrogen and oxygen atoms in total. The molecule has 0 saturated carbocycles. The van der Waals surface area contributed by atoms with E-state index in [1.807, 2.05) is 13.0 Å². The average Bonchev–Trinajstić information content (AvgIpc) is 2.46. The van der Waals surface area contributed by atoms with Crippen LogP contribution in [0.5, 0.6) is 0 Å². The van der Waals surface area contributed by atoms with Crippen LogP contribution in [0.4, 0.5) is 17.2 Å². The lowest BCUT2D eigenvalue weighted by atomic mass is 10.1. The fraction of sp³-hybridized carbons (Fsp3) is 0.143. The number of pyridine rings is 1.